The van der Waals surface area contributed by atoms with Crippen molar-refractivity contribution in [3.63, 3.8) is 0 Å². The molecule has 2 rings (SSSR count). The summed E-state index contributed by atoms with van der Waals surface area (Å²) in [6, 6.07) is 6.64. The molecule has 0 atom stereocenters. The molecule has 0 N–H and O–H groups in total. The van der Waals surface area contributed by atoms with E-state index in [0.717, 1.165) is 12.1 Å². The SMILES string of the molecule is N#C/C(=C(\Cl)c1cc(F)c(Cl)cc1F)c1ccncc1. The van der Waals surface area contributed by atoms with Crippen LogP contribution in [0.5, 0.6) is 0 Å². The molecule has 6 heteroatoms. The molecule has 0 aliphatic rings. The Morgan fingerprint density at radius 3 is 2.40 bits per heavy atom. The van der Waals surface area contributed by atoms with E-state index in [0.29, 0.717) is 5.56 Å². The lowest BCUT2D eigenvalue weighted by Gasteiger charge is -2.06. The molecule has 0 fully saturated rings. The quantitative estimate of drug-likeness (QED) is 0.598. The van der Waals surface area contributed by atoms with Gasteiger partial charge >= 0.3 is 0 Å². The Balaban J connectivity index is 2.64. The fourth-order valence-corrected chi connectivity index (χ4v) is 2.03. The predicted molar refractivity (Wildman–Crippen MR) is 73.9 cm³/mol. The number of pyridine rings is 1. The van der Waals surface area contributed by atoms with Crippen LogP contribution < -0.4 is 0 Å². The highest BCUT2D eigenvalue weighted by Crippen LogP contribution is 2.32. The maximum atomic E-state index is 13.8. The minimum atomic E-state index is -0.812. The van der Waals surface area contributed by atoms with Crippen molar-refractivity contribution in [3.05, 3.63) is 64.4 Å². The smallest absolute Gasteiger partial charge is 0.142 e. The molecule has 1 aromatic carbocycles. The van der Waals surface area contributed by atoms with Crippen LogP contribution in [0.1, 0.15) is 11.1 Å². The van der Waals surface area contributed by atoms with E-state index >= 15 is 0 Å². The van der Waals surface area contributed by atoms with Gasteiger partial charge in [-0.25, -0.2) is 8.78 Å². The molecule has 0 radical (unpaired) electrons. The fourth-order valence-electron chi connectivity index (χ4n) is 1.58. The Morgan fingerprint density at radius 1 is 1.15 bits per heavy atom. The van der Waals surface area contributed by atoms with Gasteiger partial charge in [0.15, 0.2) is 0 Å². The van der Waals surface area contributed by atoms with Crippen molar-refractivity contribution in [1.29, 1.82) is 5.26 Å². The summed E-state index contributed by atoms with van der Waals surface area (Å²) < 4.78 is 27.2. The topological polar surface area (TPSA) is 36.7 Å². The summed E-state index contributed by atoms with van der Waals surface area (Å²) >= 11 is 11.5. The van der Waals surface area contributed by atoms with Crippen LogP contribution in [-0.4, -0.2) is 4.98 Å². The van der Waals surface area contributed by atoms with Crippen LogP contribution in [0, 0.1) is 23.0 Å². The second kappa shape index (κ2) is 6.00. The molecule has 0 unspecified atom stereocenters. The molecule has 0 aliphatic heterocycles. The highest BCUT2D eigenvalue weighted by Gasteiger charge is 2.16. The van der Waals surface area contributed by atoms with Crippen LogP contribution in [0.3, 0.4) is 0 Å². The van der Waals surface area contributed by atoms with Gasteiger partial charge in [-0.05, 0) is 29.8 Å². The molecule has 0 saturated heterocycles. The lowest BCUT2D eigenvalue weighted by atomic mass is 10.0. The largest absolute Gasteiger partial charge is 0.265 e. The monoisotopic (exact) mass is 310 g/mol. The van der Waals surface area contributed by atoms with E-state index in [4.69, 9.17) is 23.2 Å². The fraction of sp³-hybridized carbons (Fsp3) is 0. The van der Waals surface area contributed by atoms with E-state index in [2.05, 4.69) is 4.98 Å². The number of aromatic nitrogens is 1. The molecule has 100 valence electrons. The van der Waals surface area contributed by atoms with E-state index in [1.165, 1.54) is 12.4 Å². The molecule has 0 saturated carbocycles. The van der Waals surface area contributed by atoms with Crippen molar-refractivity contribution in [1.82, 2.24) is 4.98 Å². The summed E-state index contributed by atoms with van der Waals surface area (Å²) in [5.41, 5.74) is 0.263. The van der Waals surface area contributed by atoms with E-state index in [9.17, 15) is 14.0 Å². The molecule has 1 aromatic heterocycles. The van der Waals surface area contributed by atoms with Gasteiger partial charge in [-0.3, -0.25) is 4.98 Å². The second-order valence-corrected chi connectivity index (χ2v) is 4.57. The number of rotatable bonds is 2. The molecule has 20 heavy (non-hydrogen) atoms. The molecule has 1 heterocycles. The van der Waals surface area contributed by atoms with Gasteiger partial charge in [0.2, 0.25) is 0 Å². The van der Waals surface area contributed by atoms with Crippen LogP contribution in [-0.2, 0) is 0 Å². The Labute approximate surface area is 123 Å². The number of nitrogens with zero attached hydrogens (tertiary/aromatic N) is 2. The summed E-state index contributed by atoms with van der Waals surface area (Å²) in [6.07, 6.45) is 2.94. The highest BCUT2D eigenvalue weighted by atomic mass is 35.5. The molecule has 0 amide bonds. The second-order valence-electron chi connectivity index (χ2n) is 3.78. The normalized spacial score (nSPS) is 11.8. The van der Waals surface area contributed by atoms with Crippen LogP contribution in [0.15, 0.2) is 36.7 Å². The zero-order valence-electron chi connectivity index (χ0n) is 9.87. The van der Waals surface area contributed by atoms with Crippen molar-refractivity contribution in [2.45, 2.75) is 0 Å². The van der Waals surface area contributed by atoms with Gasteiger partial charge in [-0.2, -0.15) is 5.26 Å². The van der Waals surface area contributed by atoms with Crippen molar-refractivity contribution < 1.29 is 8.78 Å². The Morgan fingerprint density at radius 2 is 1.80 bits per heavy atom. The van der Waals surface area contributed by atoms with Gasteiger partial charge < -0.3 is 0 Å². The minimum Gasteiger partial charge on any atom is -0.265 e. The number of hydrogen-bond donors (Lipinski definition) is 0. The molecule has 2 nitrogen and oxygen atoms in total. The highest BCUT2D eigenvalue weighted by molar-refractivity contribution is 6.53. The minimum absolute atomic E-state index is 0.0229. The number of allylic oxidation sites excluding steroid dienone is 1. The summed E-state index contributed by atoms with van der Waals surface area (Å²) in [4.78, 5) is 3.81. The molecule has 0 bridgehead atoms. The van der Waals surface area contributed by atoms with E-state index in [-0.39, 0.29) is 21.2 Å². The van der Waals surface area contributed by atoms with Crippen molar-refractivity contribution in [3.8, 4) is 6.07 Å². The Bertz CT molecular complexity index is 722. The molecular formula is C14H6Cl2F2N2. The Kier molecular flexibility index (Phi) is 4.33. The lowest BCUT2D eigenvalue weighted by molar-refractivity contribution is 0.598. The molecule has 0 aliphatic carbocycles. The van der Waals surface area contributed by atoms with Crippen molar-refractivity contribution in [2.24, 2.45) is 0 Å². The van der Waals surface area contributed by atoms with Gasteiger partial charge in [-0.1, -0.05) is 23.2 Å². The van der Waals surface area contributed by atoms with Crippen molar-refractivity contribution in [2.75, 3.05) is 0 Å². The predicted octanol–water partition coefficient (Wildman–Crippen LogP) is 4.64. The first-order valence-electron chi connectivity index (χ1n) is 5.39. The maximum absolute atomic E-state index is 13.8. The third-order valence-corrected chi connectivity index (χ3v) is 3.23. The molecule has 2 aromatic rings. The number of benzene rings is 1. The van der Waals surface area contributed by atoms with E-state index in [1.54, 1.807) is 12.1 Å². The Hall–Kier alpha value is -1.96. The number of hydrogen-bond acceptors (Lipinski definition) is 2. The van der Waals surface area contributed by atoms with Crippen LogP contribution in [0.25, 0.3) is 10.6 Å². The first-order valence-corrected chi connectivity index (χ1v) is 6.15. The number of nitriles is 1. The maximum Gasteiger partial charge on any atom is 0.142 e. The third-order valence-electron chi connectivity index (χ3n) is 2.55. The lowest BCUT2D eigenvalue weighted by Crippen LogP contribution is -1.92. The van der Waals surface area contributed by atoms with Crippen molar-refractivity contribution >= 4 is 33.8 Å². The standard InChI is InChI=1S/C14H6Cl2F2N2/c15-11-6-12(17)9(5-13(11)18)14(16)10(7-19)8-1-3-20-4-2-8/h1-6H/b14-10+. The molecular weight excluding hydrogens is 305 g/mol. The summed E-state index contributed by atoms with van der Waals surface area (Å²) in [6.45, 7) is 0. The van der Waals surface area contributed by atoms with E-state index in [1.807, 2.05) is 6.07 Å². The molecule has 0 spiro atoms. The zero-order chi connectivity index (χ0) is 14.7. The van der Waals surface area contributed by atoms with Gasteiger partial charge in [-0.15, -0.1) is 0 Å². The third kappa shape index (κ3) is 2.79. The first-order chi connectivity index (χ1) is 9.54. The van der Waals surface area contributed by atoms with E-state index < -0.39 is 11.6 Å². The summed E-state index contributed by atoms with van der Waals surface area (Å²) in [5, 5.41) is 8.63. The van der Waals surface area contributed by atoms with Gasteiger partial charge in [0.1, 0.15) is 17.7 Å². The van der Waals surface area contributed by atoms with Crippen LogP contribution in [0.4, 0.5) is 8.78 Å². The van der Waals surface area contributed by atoms with Crippen LogP contribution >= 0.6 is 23.2 Å². The first kappa shape index (κ1) is 14.4. The summed E-state index contributed by atoms with van der Waals surface area (Å²) in [5.74, 6) is -1.61. The van der Waals surface area contributed by atoms with Gasteiger partial charge in [0.05, 0.1) is 15.6 Å². The van der Waals surface area contributed by atoms with Gasteiger partial charge in [0.25, 0.3) is 0 Å². The average Bonchev–Trinajstić information content (AvgIpc) is 2.44. The summed E-state index contributed by atoms with van der Waals surface area (Å²) in [7, 11) is 0. The number of halogens is 4. The zero-order valence-corrected chi connectivity index (χ0v) is 11.4. The average molecular weight is 311 g/mol. The van der Waals surface area contributed by atoms with Crippen LogP contribution in [0.2, 0.25) is 5.02 Å². The van der Waals surface area contributed by atoms with Gasteiger partial charge in [0, 0.05) is 18.0 Å².